The molecule has 5 heteroatoms. The third kappa shape index (κ3) is 4.87. The number of alkyl halides is 3. The molecule has 3 aromatic rings. The average Bonchev–Trinajstić information content (AvgIpc) is 2.64. The van der Waals surface area contributed by atoms with E-state index in [9.17, 15) is 18.4 Å². The first-order valence-electron chi connectivity index (χ1n) is 8.92. The molecule has 142 valence electrons. The number of halogens is 3. The van der Waals surface area contributed by atoms with Crippen LogP contribution >= 0.6 is 0 Å². The molecule has 2 nitrogen and oxygen atoms in total. The van der Waals surface area contributed by atoms with Gasteiger partial charge < -0.3 is 5.21 Å². The van der Waals surface area contributed by atoms with Crippen LogP contribution in [0.15, 0.2) is 60.7 Å². The Bertz CT molecular complexity index is 921. The summed E-state index contributed by atoms with van der Waals surface area (Å²) in [5.41, 5.74) is 2.16. The molecule has 3 rings (SSSR count). The highest BCUT2D eigenvalue weighted by Crippen LogP contribution is 2.29. The molecule has 3 aromatic carbocycles. The Labute approximate surface area is 156 Å². The molecular formula is C22H22F3NO. The van der Waals surface area contributed by atoms with E-state index in [1.54, 1.807) is 6.07 Å². The summed E-state index contributed by atoms with van der Waals surface area (Å²) in [6.07, 6.45) is -3.28. The van der Waals surface area contributed by atoms with E-state index in [2.05, 4.69) is 6.07 Å². The Kier molecular flexibility index (Phi) is 5.82. The number of rotatable bonds is 6. The predicted octanol–water partition coefficient (Wildman–Crippen LogP) is 5.99. The summed E-state index contributed by atoms with van der Waals surface area (Å²) in [6.45, 7) is 2.78. The largest absolute Gasteiger partial charge is 0.416 e. The van der Waals surface area contributed by atoms with Crippen molar-refractivity contribution in [1.29, 1.82) is 0 Å². The molecule has 0 saturated carbocycles. The SMILES string of the molecule is Cc1ccc2ccccc2c1CN(O)CCCc1cccc(C(F)(F)F)c1. The number of hydrogen-bond acceptors (Lipinski definition) is 2. The van der Waals surface area contributed by atoms with Crippen LogP contribution in [0.2, 0.25) is 0 Å². The minimum atomic E-state index is -4.33. The number of fused-ring (bicyclic) bond motifs is 1. The van der Waals surface area contributed by atoms with Gasteiger partial charge in [-0.3, -0.25) is 0 Å². The molecule has 0 aromatic heterocycles. The molecule has 0 aliphatic heterocycles. The number of hydrogen-bond donors (Lipinski definition) is 1. The van der Waals surface area contributed by atoms with Gasteiger partial charge >= 0.3 is 6.18 Å². The Morgan fingerprint density at radius 3 is 2.52 bits per heavy atom. The summed E-state index contributed by atoms with van der Waals surface area (Å²) < 4.78 is 38.3. The highest BCUT2D eigenvalue weighted by Gasteiger charge is 2.30. The van der Waals surface area contributed by atoms with Gasteiger partial charge in [-0.05, 0) is 53.3 Å². The highest BCUT2D eigenvalue weighted by atomic mass is 19.4. The average molecular weight is 373 g/mol. The summed E-state index contributed by atoms with van der Waals surface area (Å²) in [5, 5.41) is 13.8. The highest BCUT2D eigenvalue weighted by molar-refractivity contribution is 5.86. The van der Waals surface area contributed by atoms with Gasteiger partial charge in [0.25, 0.3) is 0 Å². The standard InChI is InChI=1S/C22H22F3NO/c1-16-11-12-18-8-2-3-10-20(18)21(16)15-26(27)13-5-7-17-6-4-9-19(14-17)22(23,24)25/h2-4,6,8-12,14,27H,5,7,13,15H2,1H3. The zero-order chi connectivity index (χ0) is 19.4. The van der Waals surface area contributed by atoms with E-state index in [1.807, 2.05) is 37.3 Å². The lowest BCUT2D eigenvalue weighted by molar-refractivity contribution is -0.137. The summed E-state index contributed by atoms with van der Waals surface area (Å²) in [7, 11) is 0. The Morgan fingerprint density at radius 2 is 1.74 bits per heavy atom. The fraction of sp³-hybridized carbons (Fsp3) is 0.273. The van der Waals surface area contributed by atoms with Crippen molar-refractivity contribution in [2.75, 3.05) is 6.54 Å². The van der Waals surface area contributed by atoms with Gasteiger partial charge in [0, 0.05) is 13.1 Å². The molecule has 0 fully saturated rings. The minimum absolute atomic E-state index is 0.385. The van der Waals surface area contributed by atoms with Crippen LogP contribution in [0.5, 0.6) is 0 Å². The maximum atomic E-state index is 12.8. The van der Waals surface area contributed by atoms with Crippen LogP contribution in [-0.2, 0) is 19.1 Å². The second-order valence-electron chi connectivity index (χ2n) is 6.77. The van der Waals surface area contributed by atoms with Crippen LogP contribution < -0.4 is 0 Å². The molecule has 0 aliphatic carbocycles. The van der Waals surface area contributed by atoms with E-state index in [-0.39, 0.29) is 0 Å². The van der Waals surface area contributed by atoms with Gasteiger partial charge in [0.15, 0.2) is 0 Å². The lowest BCUT2D eigenvalue weighted by Gasteiger charge is -2.18. The van der Waals surface area contributed by atoms with E-state index < -0.39 is 11.7 Å². The van der Waals surface area contributed by atoms with Crippen molar-refractivity contribution in [3.05, 3.63) is 82.9 Å². The van der Waals surface area contributed by atoms with Gasteiger partial charge in [-0.1, -0.05) is 54.6 Å². The fourth-order valence-corrected chi connectivity index (χ4v) is 3.29. The quantitative estimate of drug-likeness (QED) is 0.537. The van der Waals surface area contributed by atoms with Gasteiger partial charge in [0.05, 0.1) is 5.56 Å². The summed E-state index contributed by atoms with van der Waals surface area (Å²) in [6, 6.07) is 17.5. The van der Waals surface area contributed by atoms with Crippen LogP contribution in [0.25, 0.3) is 10.8 Å². The van der Waals surface area contributed by atoms with Gasteiger partial charge in [-0.2, -0.15) is 18.2 Å². The van der Waals surface area contributed by atoms with Crippen molar-refractivity contribution in [2.45, 2.75) is 32.5 Å². The normalized spacial score (nSPS) is 12.1. The van der Waals surface area contributed by atoms with Gasteiger partial charge in [-0.15, -0.1) is 0 Å². The van der Waals surface area contributed by atoms with E-state index in [0.29, 0.717) is 31.5 Å². The van der Waals surface area contributed by atoms with Crippen LogP contribution in [0.1, 0.15) is 28.7 Å². The molecule has 0 aliphatic rings. The maximum Gasteiger partial charge on any atom is 0.416 e. The summed E-state index contributed by atoms with van der Waals surface area (Å²) in [4.78, 5) is 0. The molecule has 0 spiro atoms. The first-order chi connectivity index (χ1) is 12.8. The topological polar surface area (TPSA) is 23.5 Å². The maximum absolute atomic E-state index is 12.8. The minimum Gasteiger partial charge on any atom is -0.314 e. The van der Waals surface area contributed by atoms with E-state index >= 15 is 0 Å². The molecule has 1 N–H and O–H groups in total. The van der Waals surface area contributed by atoms with Gasteiger partial charge in [-0.25, -0.2) is 0 Å². The predicted molar refractivity (Wildman–Crippen MR) is 101 cm³/mol. The first kappa shape index (κ1) is 19.4. The van der Waals surface area contributed by atoms with Crippen LogP contribution in [-0.4, -0.2) is 16.8 Å². The first-order valence-corrected chi connectivity index (χ1v) is 8.92. The van der Waals surface area contributed by atoms with Crippen molar-refractivity contribution in [1.82, 2.24) is 5.06 Å². The van der Waals surface area contributed by atoms with Crippen LogP contribution in [0.4, 0.5) is 13.2 Å². The third-order valence-corrected chi connectivity index (χ3v) is 4.75. The number of nitrogens with zero attached hydrogens (tertiary/aromatic N) is 1. The van der Waals surface area contributed by atoms with Gasteiger partial charge in [0.2, 0.25) is 0 Å². The number of hydroxylamine groups is 2. The molecule has 0 radical (unpaired) electrons. The Balaban J connectivity index is 1.61. The van der Waals surface area contributed by atoms with Crippen LogP contribution in [0, 0.1) is 6.92 Å². The molecule has 0 atom stereocenters. The second kappa shape index (κ2) is 8.11. The van der Waals surface area contributed by atoms with Crippen molar-refractivity contribution in [3.8, 4) is 0 Å². The number of aryl methyl sites for hydroxylation is 2. The lowest BCUT2D eigenvalue weighted by atomic mass is 9.99. The van der Waals surface area contributed by atoms with Crippen molar-refractivity contribution in [3.63, 3.8) is 0 Å². The third-order valence-electron chi connectivity index (χ3n) is 4.75. The molecule has 0 unspecified atom stereocenters. The van der Waals surface area contributed by atoms with Crippen molar-refractivity contribution >= 4 is 10.8 Å². The van der Waals surface area contributed by atoms with E-state index in [1.165, 1.54) is 17.2 Å². The molecule has 27 heavy (non-hydrogen) atoms. The monoisotopic (exact) mass is 373 g/mol. The van der Waals surface area contributed by atoms with Crippen LogP contribution in [0.3, 0.4) is 0 Å². The molecule has 0 heterocycles. The fourth-order valence-electron chi connectivity index (χ4n) is 3.29. The molecule has 0 saturated heterocycles. The molecule has 0 bridgehead atoms. The van der Waals surface area contributed by atoms with Gasteiger partial charge in [0.1, 0.15) is 0 Å². The lowest BCUT2D eigenvalue weighted by Crippen LogP contribution is -2.21. The second-order valence-corrected chi connectivity index (χ2v) is 6.77. The van der Waals surface area contributed by atoms with E-state index in [0.717, 1.165) is 28.0 Å². The zero-order valence-corrected chi connectivity index (χ0v) is 15.1. The number of benzene rings is 3. The van der Waals surface area contributed by atoms with E-state index in [4.69, 9.17) is 0 Å². The molecule has 0 amide bonds. The summed E-state index contributed by atoms with van der Waals surface area (Å²) >= 11 is 0. The zero-order valence-electron chi connectivity index (χ0n) is 15.1. The summed E-state index contributed by atoms with van der Waals surface area (Å²) in [5.74, 6) is 0. The van der Waals surface area contributed by atoms with Crippen molar-refractivity contribution < 1.29 is 18.4 Å². The van der Waals surface area contributed by atoms with Crippen molar-refractivity contribution in [2.24, 2.45) is 0 Å². The Hall–Kier alpha value is -2.37. The Morgan fingerprint density at radius 1 is 0.963 bits per heavy atom. The smallest absolute Gasteiger partial charge is 0.314 e. The molecular weight excluding hydrogens is 351 g/mol.